The van der Waals surface area contributed by atoms with Gasteiger partial charge in [-0.05, 0) is 12.1 Å². The third-order valence-electron chi connectivity index (χ3n) is 2.93. The lowest BCUT2D eigenvalue weighted by atomic mass is 10.2. The fourth-order valence-corrected chi connectivity index (χ4v) is 2.69. The molecule has 22 heavy (non-hydrogen) atoms. The Morgan fingerprint density at radius 2 is 2.09 bits per heavy atom. The van der Waals surface area contributed by atoms with Gasteiger partial charge in [0.25, 0.3) is 5.91 Å². The number of anilines is 1. The molecule has 0 aliphatic carbocycles. The Bertz CT molecular complexity index is 781. The normalized spacial score (nSPS) is 10.4. The standard InChI is InChI=1S/C14H12BrClN2O4/c1-18-6-12(22-2)10(19)5-9(18)14(21)17-13-8(16)3-7(15)4-11(13)20/h3-6,20H,1-2H3,(H,17,21). The lowest BCUT2D eigenvalue weighted by Crippen LogP contribution is -2.21. The van der Waals surface area contributed by atoms with Crippen LogP contribution in [0.15, 0.2) is 33.7 Å². The van der Waals surface area contributed by atoms with E-state index in [1.165, 1.54) is 30.0 Å². The first-order valence-corrected chi connectivity index (χ1v) is 7.24. The number of amides is 1. The van der Waals surface area contributed by atoms with E-state index in [1.54, 1.807) is 7.05 Å². The number of pyridine rings is 1. The molecule has 0 aliphatic heterocycles. The van der Waals surface area contributed by atoms with Crippen LogP contribution in [0.1, 0.15) is 10.5 Å². The number of hydrogen-bond acceptors (Lipinski definition) is 4. The highest BCUT2D eigenvalue weighted by Gasteiger charge is 2.16. The van der Waals surface area contributed by atoms with E-state index in [2.05, 4.69) is 21.2 Å². The number of methoxy groups -OCH3 is 1. The van der Waals surface area contributed by atoms with E-state index in [-0.39, 0.29) is 27.9 Å². The summed E-state index contributed by atoms with van der Waals surface area (Å²) < 4.78 is 6.92. The van der Waals surface area contributed by atoms with Gasteiger partial charge in [0.15, 0.2) is 5.75 Å². The maximum atomic E-state index is 12.3. The number of rotatable bonds is 3. The number of hydrogen-bond donors (Lipinski definition) is 2. The van der Waals surface area contributed by atoms with Gasteiger partial charge in [0.1, 0.15) is 17.1 Å². The molecule has 116 valence electrons. The monoisotopic (exact) mass is 386 g/mol. The van der Waals surface area contributed by atoms with Crippen molar-refractivity contribution in [3.8, 4) is 11.5 Å². The molecular weight excluding hydrogens is 376 g/mol. The Balaban J connectivity index is 2.39. The van der Waals surface area contributed by atoms with Crippen LogP contribution in [0.2, 0.25) is 5.02 Å². The van der Waals surface area contributed by atoms with Crippen LogP contribution in [0.25, 0.3) is 0 Å². The van der Waals surface area contributed by atoms with Gasteiger partial charge in [-0.2, -0.15) is 0 Å². The Hall–Kier alpha value is -1.99. The number of halogens is 2. The molecule has 2 rings (SSSR count). The van der Waals surface area contributed by atoms with E-state index in [0.717, 1.165) is 6.07 Å². The third kappa shape index (κ3) is 3.26. The maximum absolute atomic E-state index is 12.3. The van der Waals surface area contributed by atoms with Crippen LogP contribution in [-0.4, -0.2) is 22.7 Å². The molecule has 2 aromatic rings. The minimum Gasteiger partial charge on any atom is -0.506 e. The van der Waals surface area contributed by atoms with Crippen LogP contribution in [0.4, 0.5) is 5.69 Å². The van der Waals surface area contributed by atoms with Crippen molar-refractivity contribution in [2.24, 2.45) is 7.05 Å². The van der Waals surface area contributed by atoms with Gasteiger partial charge in [-0.1, -0.05) is 27.5 Å². The molecular formula is C14H12BrClN2O4. The molecule has 0 radical (unpaired) electrons. The highest BCUT2D eigenvalue weighted by atomic mass is 79.9. The smallest absolute Gasteiger partial charge is 0.272 e. The predicted molar refractivity (Wildman–Crippen MR) is 87.0 cm³/mol. The zero-order chi connectivity index (χ0) is 16.4. The molecule has 6 nitrogen and oxygen atoms in total. The van der Waals surface area contributed by atoms with Crippen molar-refractivity contribution >= 4 is 39.1 Å². The molecule has 0 aliphatic rings. The summed E-state index contributed by atoms with van der Waals surface area (Å²) in [6.45, 7) is 0. The summed E-state index contributed by atoms with van der Waals surface area (Å²) in [5, 5.41) is 12.5. The van der Waals surface area contributed by atoms with Crippen LogP contribution in [0.5, 0.6) is 11.5 Å². The number of phenols is 1. The molecule has 0 fully saturated rings. The molecule has 1 aromatic heterocycles. The summed E-state index contributed by atoms with van der Waals surface area (Å²) in [5.74, 6) is -0.642. The number of phenolic OH excluding ortho intramolecular Hbond substituents is 1. The summed E-state index contributed by atoms with van der Waals surface area (Å²) >= 11 is 9.17. The van der Waals surface area contributed by atoms with Crippen molar-refractivity contribution in [2.75, 3.05) is 12.4 Å². The zero-order valence-corrected chi connectivity index (χ0v) is 14.0. The van der Waals surface area contributed by atoms with E-state index in [1.807, 2.05) is 0 Å². The van der Waals surface area contributed by atoms with Crippen LogP contribution in [-0.2, 0) is 7.05 Å². The molecule has 2 N–H and O–H groups in total. The minimum atomic E-state index is -0.582. The van der Waals surface area contributed by atoms with Crippen molar-refractivity contribution in [2.45, 2.75) is 0 Å². The Kier molecular flexibility index (Phi) is 4.77. The fourth-order valence-electron chi connectivity index (χ4n) is 1.85. The SMILES string of the molecule is COc1cn(C)c(C(=O)Nc2c(O)cc(Br)cc2Cl)cc1=O. The maximum Gasteiger partial charge on any atom is 0.272 e. The molecule has 0 spiro atoms. The topological polar surface area (TPSA) is 80.6 Å². The molecule has 1 heterocycles. The lowest BCUT2D eigenvalue weighted by Gasteiger charge is -2.13. The first kappa shape index (κ1) is 16.4. The average Bonchev–Trinajstić information content (AvgIpc) is 2.44. The van der Waals surface area contributed by atoms with E-state index >= 15 is 0 Å². The number of aromatic hydroxyl groups is 1. The van der Waals surface area contributed by atoms with Gasteiger partial charge in [0.2, 0.25) is 5.43 Å². The second-order valence-electron chi connectivity index (χ2n) is 4.44. The number of nitrogens with zero attached hydrogens (tertiary/aromatic N) is 1. The molecule has 1 aromatic carbocycles. The second kappa shape index (κ2) is 6.41. The van der Waals surface area contributed by atoms with Crippen LogP contribution >= 0.6 is 27.5 Å². The number of benzene rings is 1. The van der Waals surface area contributed by atoms with Gasteiger partial charge in [-0.25, -0.2) is 0 Å². The van der Waals surface area contributed by atoms with Gasteiger partial charge in [0.05, 0.1) is 18.3 Å². The molecule has 0 saturated carbocycles. The van der Waals surface area contributed by atoms with Gasteiger partial charge in [-0.3, -0.25) is 9.59 Å². The summed E-state index contributed by atoms with van der Waals surface area (Å²) in [7, 11) is 2.97. The van der Waals surface area contributed by atoms with Crippen molar-refractivity contribution < 1.29 is 14.6 Å². The number of carbonyl (C=O) groups is 1. The number of nitrogens with one attached hydrogen (secondary N) is 1. The van der Waals surface area contributed by atoms with E-state index in [0.29, 0.717) is 4.47 Å². The average molecular weight is 388 g/mol. The number of ether oxygens (including phenoxy) is 1. The summed E-state index contributed by atoms with van der Waals surface area (Å²) in [6.07, 6.45) is 1.40. The molecule has 0 atom stereocenters. The molecule has 1 amide bonds. The van der Waals surface area contributed by atoms with Crippen molar-refractivity contribution in [1.29, 1.82) is 0 Å². The Morgan fingerprint density at radius 3 is 2.68 bits per heavy atom. The number of carbonyl (C=O) groups excluding carboxylic acids is 1. The van der Waals surface area contributed by atoms with Gasteiger partial charge < -0.3 is 19.7 Å². The summed E-state index contributed by atoms with van der Waals surface area (Å²) in [5.41, 5.74) is -0.251. The lowest BCUT2D eigenvalue weighted by molar-refractivity contribution is 0.101. The van der Waals surface area contributed by atoms with Crippen LogP contribution in [0.3, 0.4) is 0 Å². The first-order valence-electron chi connectivity index (χ1n) is 6.07. The minimum absolute atomic E-state index is 0.0677. The molecule has 0 unspecified atom stereocenters. The second-order valence-corrected chi connectivity index (χ2v) is 5.76. The van der Waals surface area contributed by atoms with Gasteiger partial charge >= 0.3 is 0 Å². The van der Waals surface area contributed by atoms with Gasteiger partial charge in [0, 0.05) is 17.6 Å². The Morgan fingerprint density at radius 1 is 1.41 bits per heavy atom. The largest absolute Gasteiger partial charge is 0.506 e. The van der Waals surface area contributed by atoms with E-state index < -0.39 is 11.3 Å². The molecule has 0 bridgehead atoms. The van der Waals surface area contributed by atoms with Crippen molar-refractivity contribution in [3.05, 3.63) is 49.8 Å². The quantitative estimate of drug-likeness (QED) is 0.794. The zero-order valence-electron chi connectivity index (χ0n) is 11.7. The van der Waals surface area contributed by atoms with Crippen molar-refractivity contribution in [1.82, 2.24) is 4.57 Å². The van der Waals surface area contributed by atoms with Crippen molar-refractivity contribution in [3.63, 3.8) is 0 Å². The third-order valence-corrected chi connectivity index (χ3v) is 3.68. The Labute approximate surface area is 139 Å². The number of aromatic nitrogens is 1. The predicted octanol–water partition coefficient (Wildman–Crippen LogP) is 2.77. The van der Waals surface area contributed by atoms with Gasteiger partial charge in [-0.15, -0.1) is 0 Å². The summed E-state index contributed by atoms with van der Waals surface area (Å²) in [4.78, 5) is 24.0. The van der Waals surface area contributed by atoms with E-state index in [9.17, 15) is 14.7 Å². The molecule has 0 saturated heterocycles. The summed E-state index contributed by atoms with van der Waals surface area (Å²) in [6, 6.07) is 4.08. The van der Waals surface area contributed by atoms with E-state index in [4.69, 9.17) is 16.3 Å². The first-order chi connectivity index (χ1) is 10.3. The molecule has 8 heteroatoms. The number of aryl methyl sites for hydroxylation is 1. The highest BCUT2D eigenvalue weighted by Crippen LogP contribution is 2.35. The van der Waals surface area contributed by atoms with Crippen LogP contribution in [0, 0.1) is 0 Å². The highest BCUT2D eigenvalue weighted by molar-refractivity contribution is 9.10. The fraction of sp³-hybridized carbons (Fsp3) is 0.143. The van der Waals surface area contributed by atoms with Crippen LogP contribution < -0.4 is 15.5 Å².